The minimum atomic E-state index is -0.945. The van der Waals surface area contributed by atoms with E-state index in [9.17, 15) is 14.0 Å². The maximum atomic E-state index is 12.9. The maximum absolute atomic E-state index is 12.9. The summed E-state index contributed by atoms with van der Waals surface area (Å²) >= 11 is 0. The molecule has 0 unspecified atom stereocenters. The molecule has 0 bridgehead atoms. The van der Waals surface area contributed by atoms with Crippen molar-refractivity contribution in [1.29, 1.82) is 0 Å². The molecular formula is C17H15FN2O3. The lowest BCUT2D eigenvalue weighted by atomic mass is 10.1. The Morgan fingerprint density at radius 1 is 1.00 bits per heavy atom. The van der Waals surface area contributed by atoms with Gasteiger partial charge in [0.15, 0.2) is 0 Å². The van der Waals surface area contributed by atoms with Gasteiger partial charge in [-0.25, -0.2) is 9.87 Å². The number of halogens is 1. The molecule has 2 aromatic carbocycles. The lowest BCUT2D eigenvalue weighted by Gasteiger charge is -2.08. The van der Waals surface area contributed by atoms with Crippen LogP contribution in [0.15, 0.2) is 60.2 Å². The lowest BCUT2D eigenvalue weighted by molar-refractivity contribution is -0.128. The van der Waals surface area contributed by atoms with Gasteiger partial charge >= 0.3 is 0 Å². The summed E-state index contributed by atoms with van der Waals surface area (Å²) in [5.41, 5.74) is 2.48. The van der Waals surface area contributed by atoms with E-state index in [4.69, 9.17) is 5.21 Å². The number of carbonyl (C=O) groups excluding carboxylic acids is 2. The number of carbonyl (C=O) groups is 2. The fourth-order valence-electron chi connectivity index (χ4n) is 1.89. The topological polar surface area (TPSA) is 78.4 Å². The van der Waals surface area contributed by atoms with Gasteiger partial charge in [-0.3, -0.25) is 14.8 Å². The molecule has 0 fully saturated rings. The van der Waals surface area contributed by atoms with Crippen LogP contribution in [0.3, 0.4) is 0 Å². The van der Waals surface area contributed by atoms with E-state index in [1.165, 1.54) is 35.8 Å². The Kier molecular flexibility index (Phi) is 5.60. The van der Waals surface area contributed by atoms with Crippen molar-refractivity contribution in [1.82, 2.24) is 10.8 Å². The molecule has 0 radical (unpaired) electrons. The second-order valence-corrected chi connectivity index (χ2v) is 4.72. The lowest BCUT2D eigenvalue weighted by Crippen LogP contribution is -2.33. The van der Waals surface area contributed by atoms with Crippen LogP contribution in [0.5, 0.6) is 0 Å². The highest BCUT2D eigenvalue weighted by Gasteiger charge is 2.17. The summed E-state index contributed by atoms with van der Waals surface area (Å²) in [6.07, 6.45) is 1.27. The van der Waals surface area contributed by atoms with Gasteiger partial charge in [0.05, 0.1) is 0 Å². The first-order valence-corrected chi connectivity index (χ1v) is 6.84. The SMILES string of the molecule is O=C(NO)/C(=C\c1ccc(F)cc1)C(=O)NCc1ccccc1. The van der Waals surface area contributed by atoms with Gasteiger partial charge in [0.1, 0.15) is 11.4 Å². The van der Waals surface area contributed by atoms with Crippen molar-refractivity contribution >= 4 is 17.9 Å². The summed E-state index contributed by atoms with van der Waals surface area (Å²) in [5, 5.41) is 11.4. The molecule has 0 aliphatic heterocycles. The predicted octanol–water partition coefficient (Wildman–Crippen LogP) is 2.03. The average Bonchev–Trinajstić information content (AvgIpc) is 2.59. The smallest absolute Gasteiger partial charge is 0.280 e. The van der Waals surface area contributed by atoms with Crippen molar-refractivity contribution < 1.29 is 19.2 Å². The van der Waals surface area contributed by atoms with E-state index in [1.54, 1.807) is 0 Å². The molecule has 2 aromatic rings. The van der Waals surface area contributed by atoms with Crippen LogP contribution < -0.4 is 10.8 Å². The second kappa shape index (κ2) is 7.86. The Bertz CT molecular complexity index is 712. The summed E-state index contributed by atoms with van der Waals surface area (Å²) in [7, 11) is 0. The number of rotatable bonds is 5. The van der Waals surface area contributed by atoms with E-state index in [2.05, 4.69) is 5.32 Å². The molecule has 0 heterocycles. The van der Waals surface area contributed by atoms with E-state index in [1.807, 2.05) is 30.3 Å². The molecule has 0 atom stereocenters. The summed E-state index contributed by atoms with van der Waals surface area (Å²) in [6.45, 7) is 0.235. The third-order valence-corrected chi connectivity index (χ3v) is 3.07. The standard InChI is InChI=1S/C17H15FN2O3/c18-14-8-6-12(7-9-14)10-15(17(22)20-23)16(21)19-11-13-4-2-1-3-5-13/h1-10,23H,11H2,(H,19,21)(H,20,22)/b15-10-. The van der Waals surface area contributed by atoms with Crippen molar-refractivity contribution in [3.63, 3.8) is 0 Å². The molecular weight excluding hydrogens is 299 g/mol. The van der Waals surface area contributed by atoms with Crippen LogP contribution >= 0.6 is 0 Å². The predicted molar refractivity (Wildman–Crippen MR) is 82.6 cm³/mol. The van der Waals surface area contributed by atoms with Crippen LogP contribution in [0.4, 0.5) is 4.39 Å². The first-order chi connectivity index (χ1) is 11.1. The molecule has 23 heavy (non-hydrogen) atoms. The number of hydrogen-bond acceptors (Lipinski definition) is 3. The van der Waals surface area contributed by atoms with Gasteiger partial charge in [-0.2, -0.15) is 0 Å². The van der Waals surface area contributed by atoms with E-state index >= 15 is 0 Å². The zero-order chi connectivity index (χ0) is 16.7. The van der Waals surface area contributed by atoms with Crippen LogP contribution in [0.2, 0.25) is 0 Å². The number of amides is 2. The van der Waals surface area contributed by atoms with Gasteiger partial charge < -0.3 is 5.32 Å². The molecule has 6 heteroatoms. The average molecular weight is 314 g/mol. The van der Waals surface area contributed by atoms with Crippen LogP contribution in [0.25, 0.3) is 6.08 Å². The quantitative estimate of drug-likeness (QED) is 0.260. The monoisotopic (exact) mass is 314 g/mol. The second-order valence-electron chi connectivity index (χ2n) is 4.72. The van der Waals surface area contributed by atoms with E-state index in [0.29, 0.717) is 5.56 Å². The van der Waals surface area contributed by atoms with Gasteiger partial charge in [-0.05, 0) is 29.3 Å². The summed E-state index contributed by atoms with van der Waals surface area (Å²) in [5.74, 6) is -2.02. The molecule has 0 spiro atoms. The summed E-state index contributed by atoms with van der Waals surface area (Å²) < 4.78 is 12.9. The Balaban J connectivity index is 2.15. The van der Waals surface area contributed by atoms with E-state index < -0.39 is 17.6 Å². The van der Waals surface area contributed by atoms with Crippen LogP contribution in [0, 0.1) is 5.82 Å². The fourth-order valence-corrected chi connectivity index (χ4v) is 1.89. The van der Waals surface area contributed by atoms with Gasteiger partial charge in [0.2, 0.25) is 0 Å². The van der Waals surface area contributed by atoms with Gasteiger partial charge in [0, 0.05) is 6.54 Å². The van der Waals surface area contributed by atoms with E-state index in [-0.39, 0.29) is 12.1 Å². The number of nitrogens with one attached hydrogen (secondary N) is 2. The first kappa shape index (κ1) is 16.4. The van der Waals surface area contributed by atoms with Gasteiger partial charge in [-0.15, -0.1) is 0 Å². The minimum Gasteiger partial charge on any atom is -0.348 e. The normalized spacial score (nSPS) is 11.0. The zero-order valence-corrected chi connectivity index (χ0v) is 12.1. The third kappa shape index (κ3) is 4.76. The van der Waals surface area contributed by atoms with Crippen molar-refractivity contribution in [3.05, 3.63) is 77.1 Å². The number of benzene rings is 2. The molecule has 3 N–H and O–H groups in total. The van der Waals surface area contributed by atoms with Crippen molar-refractivity contribution in [3.8, 4) is 0 Å². The van der Waals surface area contributed by atoms with Crippen molar-refractivity contribution in [2.24, 2.45) is 0 Å². The fraction of sp³-hybridized carbons (Fsp3) is 0.0588. The largest absolute Gasteiger partial charge is 0.348 e. The molecule has 2 amide bonds. The van der Waals surface area contributed by atoms with Crippen LogP contribution in [-0.2, 0) is 16.1 Å². The molecule has 0 aromatic heterocycles. The van der Waals surface area contributed by atoms with Gasteiger partial charge in [-0.1, -0.05) is 42.5 Å². The Hall–Kier alpha value is -2.99. The Labute approximate surface area is 132 Å². The molecule has 0 aliphatic carbocycles. The summed E-state index contributed by atoms with van der Waals surface area (Å²) in [6, 6.07) is 14.4. The third-order valence-electron chi connectivity index (χ3n) is 3.07. The zero-order valence-electron chi connectivity index (χ0n) is 12.1. The number of hydrogen-bond donors (Lipinski definition) is 3. The molecule has 0 aliphatic rings. The van der Waals surface area contributed by atoms with Crippen LogP contribution in [0.1, 0.15) is 11.1 Å². The highest BCUT2D eigenvalue weighted by Crippen LogP contribution is 2.09. The highest BCUT2D eigenvalue weighted by atomic mass is 19.1. The maximum Gasteiger partial charge on any atom is 0.280 e. The minimum absolute atomic E-state index is 0.235. The molecule has 0 saturated heterocycles. The molecule has 0 saturated carbocycles. The van der Waals surface area contributed by atoms with Crippen molar-refractivity contribution in [2.45, 2.75) is 6.54 Å². The van der Waals surface area contributed by atoms with Crippen molar-refractivity contribution in [2.75, 3.05) is 0 Å². The Morgan fingerprint density at radius 2 is 1.65 bits per heavy atom. The summed E-state index contributed by atoms with van der Waals surface area (Å²) in [4.78, 5) is 23.8. The molecule has 118 valence electrons. The molecule has 5 nitrogen and oxygen atoms in total. The number of hydroxylamine groups is 1. The van der Waals surface area contributed by atoms with Crippen LogP contribution in [-0.4, -0.2) is 17.0 Å². The molecule has 2 rings (SSSR count). The van der Waals surface area contributed by atoms with E-state index in [0.717, 1.165) is 5.56 Å². The Morgan fingerprint density at radius 3 is 2.26 bits per heavy atom. The highest BCUT2D eigenvalue weighted by molar-refractivity contribution is 6.21. The first-order valence-electron chi connectivity index (χ1n) is 6.84. The van der Waals surface area contributed by atoms with Gasteiger partial charge in [0.25, 0.3) is 11.8 Å².